The summed E-state index contributed by atoms with van der Waals surface area (Å²) in [7, 11) is 0. The second-order valence-electron chi connectivity index (χ2n) is 14.4. The zero-order valence-corrected chi connectivity index (χ0v) is 27.7. The molecule has 48 heavy (non-hydrogen) atoms. The Labute approximate surface area is 276 Å². The molecule has 0 radical (unpaired) electrons. The fraction of sp³-hybridized carbons (Fsp3) is 0.190. The van der Waals surface area contributed by atoms with E-state index in [0.717, 1.165) is 11.1 Å². The summed E-state index contributed by atoms with van der Waals surface area (Å²) >= 11 is 0. The van der Waals surface area contributed by atoms with Gasteiger partial charge in [0.1, 0.15) is 23.0 Å². The molecular formula is C42H34O6. The first-order valence-electron chi connectivity index (χ1n) is 15.9. The molecule has 0 aliphatic heterocycles. The van der Waals surface area contributed by atoms with Crippen molar-refractivity contribution in [2.75, 3.05) is 0 Å². The van der Waals surface area contributed by atoms with Crippen LogP contribution < -0.4 is 31.2 Å². The van der Waals surface area contributed by atoms with E-state index in [1.165, 1.54) is 12.1 Å². The lowest BCUT2D eigenvalue weighted by atomic mass is 9.87. The summed E-state index contributed by atoms with van der Waals surface area (Å²) in [5, 5.41) is 1.15. The molecule has 0 unspecified atom stereocenters. The Bertz CT molecular complexity index is 2450. The van der Waals surface area contributed by atoms with Crippen LogP contribution in [0.1, 0.15) is 52.7 Å². The number of fused-ring (bicyclic) bond motifs is 4. The van der Waals surface area contributed by atoms with E-state index in [1.54, 1.807) is 36.4 Å². The van der Waals surface area contributed by atoms with Gasteiger partial charge >= 0.3 is 0 Å². The van der Waals surface area contributed by atoms with E-state index in [4.69, 9.17) is 9.47 Å². The summed E-state index contributed by atoms with van der Waals surface area (Å²) in [4.78, 5) is 55.0. The third-order valence-electron chi connectivity index (χ3n) is 9.01. The number of rotatable bonds is 4. The van der Waals surface area contributed by atoms with E-state index in [9.17, 15) is 19.2 Å². The molecule has 0 aliphatic carbocycles. The standard InChI is InChI=1S/C42H34O6/c1-41(2,3)23-7-11-25(12-8-23)47-27-15-17-29-31(19-27)39(45)35-22-36-34(21-33(35)37(29)43)38(44)30-18-16-28(20-32(30)40(36)46)48-26-13-9-24(10-14-26)42(4,5)6/h7-22H,1-6H3. The van der Waals surface area contributed by atoms with Gasteiger partial charge in [0.05, 0.1) is 0 Å². The number of hydrogen-bond donors (Lipinski definition) is 0. The van der Waals surface area contributed by atoms with Gasteiger partial charge in [-0.1, -0.05) is 65.8 Å². The second kappa shape index (κ2) is 11.0. The van der Waals surface area contributed by atoms with Crippen molar-refractivity contribution in [2.45, 2.75) is 52.4 Å². The number of ether oxygens (including phenoxy) is 2. The van der Waals surface area contributed by atoms with Crippen molar-refractivity contribution in [2.24, 2.45) is 0 Å². The molecule has 7 rings (SSSR count). The van der Waals surface area contributed by atoms with Crippen molar-refractivity contribution in [3.63, 3.8) is 0 Å². The second-order valence-corrected chi connectivity index (χ2v) is 14.4. The first-order valence-corrected chi connectivity index (χ1v) is 15.9. The molecule has 7 aromatic rings. The van der Waals surface area contributed by atoms with Crippen molar-refractivity contribution in [1.82, 2.24) is 0 Å². The minimum atomic E-state index is -0.419. The highest BCUT2D eigenvalue weighted by molar-refractivity contribution is 6.08. The van der Waals surface area contributed by atoms with Gasteiger partial charge in [0.2, 0.25) is 0 Å². The minimum Gasteiger partial charge on any atom is -0.457 e. The Morgan fingerprint density at radius 3 is 0.917 bits per heavy atom. The minimum absolute atomic E-state index is 0.00717. The van der Waals surface area contributed by atoms with Gasteiger partial charge in [0.25, 0.3) is 0 Å². The molecule has 0 saturated heterocycles. The van der Waals surface area contributed by atoms with Crippen molar-refractivity contribution >= 4 is 43.1 Å². The smallest absolute Gasteiger partial charge is 0.194 e. The van der Waals surface area contributed by atoms with Gasteiger partial charge in [-0.3, -0.25) is 19.2 Å². The number of hydrogen-bond acceptors (Lipinski definition) is 6. The van der Waals surface area contributed by atoms with E-state index in [2.05, 4.69) is 41.5 Å². The molecule has 6 nitrogen and oxygen atoms in total. The molecule has 0 amide bonds. The maximum atomic E-state index is 13.9. The first-order chi connectivity index (χ1) is 22.7. The zero-order chi connectivity index (χ0) is 34.1. The Morgan fingerprint density at radius 2 is 0.604 bits per heavy atom. The summed E-state index contributed by atoms with van der Waals surface area (Å²) in [6.45, 7) is 12.8. The van der Waals surface area contributed by atoms with E-state index in [1.807, 2.05) is 48.5 Å². The normalized spacial score (nSPS) is 12.3. The van der Waals surface area contributed by atoms with Gasteiger partial charge in [-0.05, 0) is 94.8 Å². The third kappa shape index (κ3) is 5.33. The molecule has 7 aromatic carbocycles. The predicted octanol–water partition coefficient (Wildman–Crippen LogP) is 8.80. The third-order valence-corrected chi connectivity index (χ3v) is 9.01. The highest BCUT2D eigenvalue weighted by Crippen LogP contribution is 2.30. The Hall–Kier alpha value is -5.62. The molecule has 0 spiro atoms. The molecule has 238 valence electrons. The lowest BCUT2D eigenvalue weighted by molar-refractivity contribution is 0.482. The van der Waals surface area contributed by atoms with Crippen LogP contribution in [0.2, 0.25) is 0 Å². The van der Waals surface area contributed by atoms with Crippen molar-refractivity contribution in [3.05, 3.63) is 149 Å². The Kier molecular flexibility index (Phi) is 7.09. The van der Waals surface area contributed by atoms with Gasteiger partial charge in [-0.2, -0.15) is 0 Å². The monoisotopic (exact) mass is 634 g/mol. The molecular weight excluding hydrogens is 600 g/mol. The van der Waals surface area contributed by atoms with Gasteiger partial charge in [-0.15, -0.1) is 0 Å². The zero-order valence-electron chi connectivity index (χ0n) is 27.7. The molecule has 0 N–H and O–H groups in total. The highest BCUT2D eigenvalue weighted by Gasteiger charge is 2.19. The van der Waals surface area contributed by atoms with Crippen LogP contribution in [0.4, 0.5) is 0 Å². The Morgan fingerprint density at radius 1 is 0.333 bits per heavy atom. The molecule has 6 heteroatoms. The quantitative estimate of drug-likeness (QED) is 0.180. The van der Waals surface area contributed by atoms with Crippen LogP contribution in [-0.2, 0) is 10.8 Å². The van der Waals surface area contributed by atoms with Crippen LogP contribution in [0.15, 0.2) is 116 Å². The van der Waals surface area contributed by atoms with Crippen LogP contribution in [-0.4, -0.2) is 0 Å². The van der Waals surface area contributed by atoms with Gasteiger partial charge in [0, 0.05) is 43.1 Å². The SMILES string of the molecule is CC(C)(C)c1ccc(Oc2ccc3c(=O)c4cc5c(=O)c6ccc(Oc7ccc(C(C)(C)C)cc7)cc6c(=O)c5cc4c(=O)c3c2)cc1. The molecule has 0 fully saturated rings. The van der Waals surface area contributed by atoms with Crippen LogP contribution in [0.3, 0.4) is 0 Å². The van der Waals surface area contributed by atoms with Crippen molar-refractivity contribution < 1.29 is 9.47 Å². The summed E-state index contributed by atoms with van der Waals surface area (Å²) in [5.74, 6) is 2.00. The van der Waals surface area contributed by atoms with Crippen LogP contribution >= 0.6 is 0 Å². The summed E-state index contributed by atoms with van der Waals surface area (Å²) in [6, 6.07) is 27.8. The fourth-order valence-corrected chi connectivity index (χ4v) is 6.20. The van der Waals surface area contributed by atoms with E-state index < -0.39 is 21.7 Å². The summed E-state index contributed by atoms with van der Waals surface area (Å²) < 4.78 is 12.1. The molecule has 0 bridgehead atoms. The molecule has 0 aliphatic rings. The largest absolute Gasteiger partial charge is 0.457 e. The van der Waals surface area contributed by atoms with Crippen LogP contribution in [0.25, 0.3) is 43.1 Å². The highest BCUT2D eigenvalue weighted by atomic mass is 16.5. The Balaban J connectivity index is 1.32. The van der Waals surface area contributed by atoms with Crippen LogP contribution in [0, 0.1) is 0 Å². The van der Waals surface area contributed by atoms with Gasteiger partial charge < -0.3 is 9.47 Å². The fourth-order valence-electron chi connectivity index (χ4n) is 6.20. The first kappa shape index (κ1) is 31.0. The summed E-state index contributed by atoms with van der Waals surface area (Å²) in [5.41, 5.74) is 0.680. The maximum absolute atomic E-state index is 13.9. The van der Waals surface area contributed by atoms with Gasteiger partial charge in [0.15, 0.2) is 21.7 Å². The van der Waals surface area contributed by atoms with E-state index >= 15 is 0 Å². The molecule has 0 atom stereocenters. The molecule has 0 heterocycles. The van der Waals surface area contributed by atoms with E-state index in [-0.39, 0.29) is 53.9 Å². The number of benzene rings is 7. The van der Waals surface area contributed by atoms with Crippen molar-refractivity contribution in [3.8, 4) is 23.0 Å². The van der Waals surface area contributed by atoms with Crippen LogP contribution in [0.5, 0.6) is 23.0 Å². The molecule has 0 aromatic heterocycles. The molecule has 0 saturated carbocycles. The van der Waals surface area contributed by atoms with Gasteiger partial charge in [-0.25, -0.2) is 0 Å². The average Bonchev–Trinajstić information content (AvgIpc) is 3.05. The predicted molar refractivity (Wildman–Crippen MR) is 194 cm³/mol. The maximum Gasteiger partial charge on any atom is 0.194 e. The average molecular weight is 635 g/mol. The lowest BCUT2D eigenvalue weighted by Crippen LogP contribution is -2.17. The van der Waals surface area contributed by atoms with Crippen molar-refractivity contribution in [1.29, 1.82) is 0 Å². The lowest BCUT2D eigenvalue weighted by Gasteiger charge is -2.19. The van der Waals surface area contributed by atoms with E-state index in [0.29, 0.717) is 23.0 Å². The topological polar surface area (TPSA) is 86.7 Å². The summed E-state index contributed by atoms with van der Waals surface area (Å²) in [6.07, 6.45) is 0.